The van der Waals surface area contributed by atoms with Crippen LogP contribution in [0, 0.1) is 17.0 Å². The number of hydrogen-bond donors (Lipinski definition) is 1. The summed E-state index contributed by atoms with van der Waals surface area (Å²) in [6.45, 7) is 1.75. The molecule has 1 aromatic carbocycles. The lowest BCUT2D eigenvalue weighted by molar-refractivity contribution is -0.385. The third-order valence-electron chi connectivity index (χ3n) is 2.23. The van der Waals surface area contributed by atoms with Crippen molar-refractivity contribution in [2.75, 3.05) is 5.73 Å². The fraction of sp³-hybridized carbons (Fsp3) is 0.0909. The summed E-state index contributed by atoms with van der Waals surface area (Å²) >= 11 is 3.19. The predicted molar refractivity (Wildman–Crippen MR) is 72.1 cm³/mol. The number of nitrogen functional groups attached to an aromatic ring is 1. The Labute approximate surface area is 116 Å². The normalized spacial score (nSPS) is 10.2. The van der Waals surface area contributed by atoms with Gasteiger partial charge in [-0.25, -0.2) is 4.98 Å². The first-order chi connectivity index (χ1) is 8.95. The average Bonchev–Trinajstić information content (AvgIpc) is 2.33. The molecule has 2 rings (SSSR count). The third kappa shape index (κ3) is 3.16. The zero-order valence-electron chi connectivity index (χ0n) is 9.83. The lowest BCUT2D eigenvalue weighted by atomic mass is 10.3. The number of rotatable bonds is 3. The zero-order chi connectivity index (χ0) is 14.0. The quantitative estimate of drug-likeness (QED) is 0.687. The molecule has 0 aliphatic heterocycles. The smallest absolute Gasteiger partial charge is 0.274 e. The fourth-order valence-electron chi connectivity index (χ4n) is 1.37. The number of nitro groups is 1. The second-order valence-corrected chi connectivity index (χ2v) is 4.64. The summed E-state index contributed by atoms with van der Waals surface area (Å²) in [5.74, 6) is 0.632. The van der Waals surface area contributed by atoms with Crippen LogP contribution in [0.4, 0.5) is 11.6 Å². The minimum Gasteiger partial charge on any atom is -0.438 e. The first-order valence-electron chi connectivity index (χ1n) is 5.17. The predicted octanol–water partition coefficient (Wildman–Crippen LogP) is 2.83. The molecular formula is C11H9BrN4O3. The Bertz CT molecular complexity index is 648. The van der Waals surface area contributed by atoms with Crippen LogP contribution in [-0.4, -0.2) is 14.9 Å². The molecule has 0 fully saturated rings. The van der Waals surface area contributed by atoms with E-state index in [1.165, 1.54) is 18.3 Å². The van der Waals surface area contributed by atoms with Crippen molar-refractivity contribution in [3.05, 3.63) is 44.5 Å². The molecule has 0 aliphatic carbocycles. The van der Waals surface area contributed by atoms with Crippen LogP contribution in [0.3, 0.4) is 0 Å². The second-order valence-electron chi connectivity index (χ2n) is 3.72. The molecule has 0 saturated carbocycles. The zero-order valence-corrected chi connectivity index (χ0v) is 11.4. The Morgan fingerprint density at radius 1 is 1.42 bits per heavy atom. The van der Waals surface area contributed by atoms with Crippen molar-refractivity contribution in [3.63, 3.8) is 0 Å². The highest BCUT2D eigenvalue weighted by molar-refractivity contribution is 9.10. The summed E-state index contributed by atoms with van der Waals surface area (Å²) in [6, 6.07) is 4.29. The van der Waals surface area contributed by atoms with Crippen LogP contribution in [0.1, 0.15) is 5.56 Å². The number of nitrogens with two attached hydrogens (primary N) is 1. The van der Waals surface area contributed by atoms with Gasteiger partial charge in [-0.2, -0.15) is 4.98 Å². The van der Waals surface area contributed by atoms with Gasteiger partial charge in [-0.3, -0.25) is 10.1 Å². The molecule has 19 heavy (non-hydrogen) atoms. The highest BCUT2D eigenvalue weighted by atomic mass is 79.9. The molecule has 0 atom stereocenters. The number of nitro benzene ring substituents is 1. The summed E-state index contributed by atoms with van der Waals surface area (Å²) in [7, 11) is 0. The molecule has 0 unspecified atom stereocenters. The molecule has 0 aliphatic rings. The number of aryl methyl sites for hydroxylation is 1. The van der Waals surface area contributed by atoms with Gasteiger partial charge < -0.3 is 10.5 Å². The Balaban J connectivity index is 2.38. The lowest BCUT2D eigenvalue weighted by Crippen LogP contribution is -1.99. The Morgan fingerprint density at radius 2 is 2.16 bits per heavy atom. The molecule has 98 valence electrons. The van der Waals surface area contributed by atoms with Gasteiger partial charge in [0.25, 0.3) is 5.69 Å². The van der Waals surface area contributed by atoms with E-state index in [9.17, 15) is 10.1 Å². The van der Waals surface area contributed by atoms with Gasteiger partial charge in [0, 0.05) is 22.3 Å². The van der Waals surface area contributed by atoms with E-state index in [1.54, 1.807) is 13.0 Å². The lowest BCUT2D eigenvalue weighted by Gasteiger charge is -2.07. The maximum Gasteiger partial charge on any atom is 0.274 e. The van der Waals surface area contributed by atoms with Crippen LogP contribution in [-0.2, 0) is 0 Å². The fourth-order valence-corrected chi connectivity index (χ4v) is 1.83. The molecule has 1 aromatic heterocycles. The highest BCUT2D eigenvalue weighted by Crippen LogP contribution is 2.30. The minimum atomic E-state index is -0.501. The number of hydrogen-bond acceptors (Lipinski definition) is 6. The van der Waals surface area contributed by atoms with Crippen molar-refractivity contribution in [2.24, 2.45) is 0 Å². The molecule has 2 aromatic rings. The van der Waals surface area contributed by atoms with Gasteiger partial charge in [0.15, 0.2) is 0 Å². The van der Waals surface area contributed by atoms with Crippen molar-refractivity contribution in [3.8, 4) is 11.6 Å². The number of non-ortho nitro benzene ring substituents is 1. The average molecular weight is 325 g/mol. The maximum absolute atomic E-state index is 10.8. The summed E-state index contributed by atoms with van der Waals surface area (Å²) in [6.07, 6.45) is 1.52. The van der Waals surface area contributed by atoms with Crippen LogP contribution < -0.4 is 10.5 Å². The number of ether oxygens (including phenoxy) is 1. The van der Waals surface area contributed by atoms with Crippen LogP contribution in [0.15, 0.2) is 28.9 Å². The molecule has 7 nitrogen and oxygen atoms in total. The van der Waals surface area contributed by atoms with E-state index in [4.69, 9.17) is 10.5 Å². The van der Waals surface area contributed by atoms with Gasteiger partial charge in [0.2, 0.25) is 11.8 Å². The summed E-state index contributed by atoms with van der Waals surface area (Å²) in [5, 5.41) is 10.8. The van der Waals surface area contributed by atoms with Gasteiger partial charge in [-0.1, -0.05) is 15.9 Å². The standard InChI is InChI=1S/C11H9BrN4O3/c1-6-5-14-11(13)15-10(6)19-9-3-7(12)2-8(4-9)16(17)18/h2-5H,1H3,(H2,13,14,15). The minimum absolute atomic E-state index is 0.0742. The van der Waals surface area contributed by atoms with E-state index in [0.29, 0.717) is 15.8 Å². The highest BCUT2D eigenvalue weighted by Gasteiger charge is 2.12. The van der Waals surface area contributed by atoms with E-state index in [0.717, 1.165) is 0 Å². The van der Waals surface area contributed by atoms with Crippen molar-refractivity contribution >= 4 is 27.6 Å². The second kappa shape index (κ2) is 5.19. The largest absolute Gasteiger partial charge is 0.438 e. The molecule has 0 amide bonds. The Morgan fingerprint density at radius 3 is 2.84 bits per heavy atom. The summed E-state index contributed by atoms with van der Waals surface area (Å²) in [5.41, 5.74) is 6.07. The van der Waals surface area contributed by atoms with Gasteiger partial charge in [0.1, 0.15) is 5.75 Å². The first kappa shape index (κ1) is 13.2. The van der Waals surface area contributed by atoms with E-state index < -0.39 is 4.92 Å². The summed E-state index contributed by atoms with van der Waals surface area (Å²) in [4.78, 5) is 18.0. The molecule has 0 bridgehead atoms. The number of aromatic nitrogens is 2. The SMILES string of the molecule is Cc1cnc(N)nc1Oc1cc(Br)cc([N+](=O)[O-])c1. The van der Waals surface area contributed by atoms with E-state index in [1.807, 2.05) is 0 Å². The van der Waals surface area contributed by atoms with E-state index >= 15 is 0 Å². The molecule has 8 heteroatoms. The molecular weight excluding hydrogens is 316 g/mol. The number of benzene rings is 1. The Hall–Kier alpha value is -2.22. The third-order valence-corrected chi connectivity index (χ3v) is 2.68. The number of anilines is 1. The topological polar surface area (TPSA) is 104 Å². The van der Waals surface area contributed by atoms with E-state index in [-0.39, 0.29) is 17.5 Å². The van der Waals surface area contributed by atoms with Crippen molar-refractivity contribution in [2.45, 2.75) is 6.92 Å². The number of nitrogens with zero attached hydrogens (tertiary/aromatic N) is 3. The van der Waals surface area contributed by atoms with Crippen LogP contribution in [0.25, 0.3) is 0 Å². The van der Waals surface area contributed by atoms with Gasteiger partial charge in [-0.05, 0) is 13.0 Å². The van der Waals surface area contributed by atoms with Crippen molar-refractivity contribution < 1.29 is 9.66 Å². The monoisotopic (exact) mass is 324 g/mol. The first-order valence-corrected chi connectivity index (χ1v) is 5.97. The molecule has 1 heterocycles. The van der Waals surface area contributed by atoms with Crippen LogP contribution >= 0.6 is 15.9 Å². The summed E-state index contributed by atoms with van der Waals surface area (Å²) < 4.78 is 6.03. The van der Waals surface area contributed by atoms with Crippen molar-refractivity contribution in [1.29, 1.82) is 0 Å². The molecule has 0 saturated heterocycles. The van der Waals surface area contributed by atoms with Gasteiger partial charge in [-0.15, -0.1) is 0 Å². The van der Waals surface area contributed by atoms with Crippen molar-refractivity contribution in [1.82, 2.24) is 9.97 Å². The molecule has 0 radical (unpaired) electrons. The molecule has 2 N–H and O–H groups in total. The van der Waals surface area contributed by atoms with Gasteiger partial charge >= 0.3 is 0 Å². The van der Waals surface area contributed by atoms with Gasteiger partial charge in [0.05, 0.1) is 11.0 Å². The van der Waals surface area contributed by atoms with Crippen LogP contribution in [0.2, 0.25) is 0 Å². The maximum atomic E-state index is 10.8. The molecule has 0 spiro atoms. The van der Waals surface area contributed by atoms with E-state index in [2.05, 4.69) is 25.9 Å². The van der Waals surface area contributed by atoms with Crippen LogP contribution in [0.5, 0.6) is 11.6 Å². The number of halogens is 1. The Kier molecular flexibility index (Phi) is 3.61.